The molecule has 1 amide bonds. The van der Waals surface area contributed by atoms with Gasteiger partial charge in [-0.2, -0.15) is 4.31 Å². The largest absolute Gasteiger partial charge is 0.373 e. The van der Waals surface area contributed by atoms with Crippen molar-refractivity contribution in [1.29, 1.82) is 0 Å². The quantitative estimate of drug-likeness (QED) is 0.732. The fourth-order valence-corrected chi connectivity index (χ4v) is 4.92. The summed E-state index contributed by atoms with van der Waals surface area (Å²) in [6.45, 7) is 4.74. The molecule has 6 nitrogen and oxygen atoms in total. The van der Waals surface area contributed by atoms with Crippen LogP contribution in [0.3, 0.4) is 0 Å². The van der Waals surface area contributed by atoms with E-state index in [9.17, 15) is 13.2 Å². The summed E-state index contributed by atoms with van der Waals surface area (Å²) in [5, 5.41) is 2.90. The molecule has 2 aromatic rings. The van der Waals surface area contributed by atoms with Gasteiger partial charge in [-0.05, 0) is 55.5 Å². The monoisotopic (exact) mass is 430 g/mol. The molecular weight excluding hydrogens is 400 g/mol. The predicted octanol–water partition coefficient (Wildman–Crippen LogP) is 3.21. The maximum Gasteiger partial charge on any atom is 0.243 e. The molecule has 1 aliphatic heterocycles. The average molecular weight is 431 g/mol. The van der Waals surface area contributed by atoms with Crippen molar-refractivity contribution in [3.63, 3.8) is 0 Å². The fourth-order valence-electron chi connectivity index (χ4n) is 3.71. The smallest absolute Gasteiger partial charge is 0.243 e. The number of benzene rings is 2. The van der Waals surface area contributed by atoms with E-state index in [2.05, 4.69) is 5.32 Å². The van der Waals surface area contributed by atoms with Crippen molar-refractivity contribution in [2.45, 2.75) is 37.7 Å². The first kappa shape index (κ1) is 22.5. The number of nitrogens with one attached hydrogen (secondary N) is 1. The maximum absolute atomic E-state index is 12.8. The number of hydrogen-bond acceptors (Lipinski definition) is 4. The minimum absolute atomic E-state index is 0.0581. The number of ether oxygens (including phenoxy) is 1. The molecule has 2 unspecified atom stereocenters. The summed E-state index contributed by atoms with van der Waals surface area (Å²) < 4.78 is 32.7. The molecule has 2 aromatic carbocycles. The number of rotatable bonds is 7. The molecule has 0 spiro atoms. The molecule has 162 valence electrons. The molecule has 0 saturated carbocycles. The molecule has 1 aliphatic rings. The zero-order valence-electron chi connectivity index (χ0n) is 17.8. The zero-order chi connectivity index (χ0) is 21.7. The minimum atomic E-state index is -3.72. The van der Waals surface area contributed by atoms with Crippen LogP contribution in [0, 0.1) is 19.8 Å². The van der Waals surface area contributed by atoms with Crippen LogP contribution >= 0.6 is 0 Å². The van der Waals surface area contributed by atoms with Gasteiger partial charge in [-0.3, -0.25) is 4.79 Å². The van der Waals surface area contributed by atoms with Crippen molar-refractivity contribution in [3.8, 4) is 0 Å². The molecule has 30 heavy (non-hydrogen) atoms. The Kier molecular flexibility index (Phi) is 7.28. The third-order valence-electron chi connectivity index (χ3n) is 5.69. The molecule has 0 aromatic heterocycles. The van der Waals surface area contributed by atoms with Crippen LogP contribution < -0.4 is 5.32 Å². The number of sulfonamides is 1. The Labute approximate surface area is 179 Å². The molecule has 1 heterocycles. The lowest BCUT2D eigenvalue weighted by molar-refractivity contribution is -0.121. The van der Waals surface area contributed by atoms with Crippen molar-refractivity contribution >= 4 is 15.9 Å². The molecule has 0 radical (unpaired) electrons. The number of likely N-dealkylation sites (N-methyl/N-ethyl adjacent to an activating group) is 1. The van der Waals surface area contributed by atoms with Gasteiger partial charge >= 0.3 is 0 Å². The highest BCUT2D eigenvalue weighted by atomic mass is 32.2. The van der Waals surface area contributed by atoms with Crippen LogP contribution in [-0.2, 0) is 19.6 Å². The Balaban J connectivity index is 1.59. The zero-order valence-corrected chi connectivity index (χ0v) is 18.6. The molecular formula is C23H30N2O4S. The van der Waals surface area contributed by atoms with Crippen LogP contribution in [0.25, 0.3) is 0 Å². The van der Waals surface area contributed by atoms with Crippen LogP contribution in [0.2, 0.25) is 0 Å². The van der Waals surface area contributed by atoms with Crippen LogP contribution in [0.5, 0.6) is 0 Å². The van der Waals surface area contributed by atoms with E-state index in [0.29, 0.717) is 13.2 Å². The van der Waals surface area contributed by atoms with Crippen LogP contribution in [-0.4, -0.2) is 45.4 Å². The Morgan fingerprint density at radius 3 is 2.57 bits per heavy atom. The van der Waals surface area contributed by atoms with Crippen molar-refractivity contribution in [2.24, 2.45) is 5.92 Å². The van der Waals surface area contributed by atoms with Crippen LogP contribution in [0.4, 0.5) is 0 Å². The summed E-state index contributed by atoms with van der Waals surface area (Å²) in [7, 11) is -2.29. The predicted molar refractivity (Wildman–Crippen MR) is 117 cm³/mol. The van der Waals surface area contributed by atoms with Crippen molar-refractivity contribution in [3.05, 3.63) is 65.2 Å². The van der Waals surface area contributed by atoms with Gasteiger partial charge in [-0.25, -0.2) is 8.42 Å². The topological polar surface area (TPSA) is 75.7 Å². The van der Waals surface area contributed by atoms with E-state index in [0.717, 1.165) is 33.8 Å². The van der Waals surface area contributed by atoms with E-state index in [1.54, 1.807) is 18.2 Å². The molecule has 1 fully saturated rings. The molecule has 0 bridgehead atoms. The number of amides is 1. The molecule has 2 atom stereocenters. The summed E-state index contributed by atoms with van der Waals surface area (Å²) in [5.74, 6) is -0.158. The number of hydrogen-bond donors (Lipinski definition) is 1. The Morgan fingerprint density at radius 1 is 1.13 bits per heavy atom. The van der Waals surface area contributed by atoms with Gasteiger partial charge < -0.3 is 10.1 Å². The normalized spacial score (nSPS) is 19.6. The van der Waals surface area contributed by atoms with E-state index in [1.165, 1.54) is 7.05 Å². The third kappa shape index (κ3) is 5.28. The highest BCUT2D eigenvalue weighted by Gasteiger charge is 2.28. The van der Waals surface area contributed by atoms with Gasteiger partial charge in [0.15, 0.2) is 0 Å². The van der Waals surface area contributed by atoms with Gasteiger partial charge in [-0.15, -0.1) is 0 Å². The third-order valence-corrected chi connectivity index (χ3v) is 7.49. The Bertz CT molecular complexity index is 976. The summed E-state index contributed by atoms with van der Waals surface area (Å²) in [6, 6.07) is 15.0. The Morgan fingerprint density at radius 2 is 1.87 bits per heavy atom. The van der Waals surface area contributed by atoms with Gasteiger partial charge in [-0.1, -0.05) is 36.4 Å². The second kappa shape index (κ2) is 9.73. The summed E-state index contributed by atoms with van der Waals surface area (Å²) in [6.07, 6.45) is 1.85. The lowest BCUT2D eigenvalue weighted by Gasteiger charge is -2.32. The van der Waals surface area contributed by atoms with E-state index < -0.39 is 10.0 Å². The second-order valence-electron chi connectivity index (χ2n) is 7.92. The minimum Gasteiger partial charge on any atom is -0.373 e. The van der Waals surface area contributed by atoms with Crippen molar-refractivity contribution in [1.82, 2.24) is 9.62 Å². The van der Waals surface area contributed by atoms with E-state index in [-0.39, 0.29) is 29.4 Å². The van der Waals surface area contributed by atoms with Gasteiger partial charge in [0.2, 0.25) is 15.9 Å². The standard InChI is InChI=1S/C23H30N2O4S/c1-17-11-12-21(14-18(17)2)30(27,28)25(3)16-22(26)24-15-20-10-7-13-29-23(20)19-8-5-4-6-9-19/h4-6,8-9,11-12,14,20,23H,7,10,13,15-16H2,1-3H3,(H,24,26). The van der Waals surface area contributed by atoms with E-state index in [1.807, 2.05) is 44.2 Å². The molecule has 1 N–H and O–H groups in total. The first-order valence-electron chi connectivity index (χ1n) is 10.3. The fraction of sp³-hybridized carbons (Fsp3) is 0.435. The number of carbonyl (C=O) groups excluding carboxylic acids is 1. The molecule has 7 heteroatoms. The lowest BCUT2D eigenvalue weighted by atomic mass is 9.89. The number of aryl methyl sites for hydroxylation is 2. The van der Waals surface area contributed by atoms with Gasteiger partial charge in [0.05, 0.1) is 17.5 Å². The highest BCUT2D eigenvalue weighted by Crippen LogP contribution is 2.33. The number of nitrogens with zero attached hydrogens (tertiary/aromatic N) is 1. The first-order valence-corrected chi connectivity index (χ1v) is 11.7. The molecule has 3 rings (SSSR count). The lowest BCUT2D eigenvalue weighted by Crippen LogP contribution is -2.41. The summed E-state index contributed by atoms with van der Waals surface area (Å²) in [5.41, 5.74) is 3.03. The Hall–Kier alpha value is -2.22. The van der Waals surface area contributed by atoms with Gasteiger partial charge in [0.25, 0.3) is 0 Å². The highest BCUT2D eigenvalue weighted by molar-refractivity contribution is 7.89. The molecule has 1 saturated heterocycles. The van der Waals surface area contributed by atoms with Crippen LogP contribution in [0.15, 0.2) is 53.4 Å². The van der Waals surface area contributed by atoms with Gasteiger partial charge in [0.1, 0.15) is 0 Å². The SMILES string of the molecule is Cc1ccc(S(=O)(=O)N(C)CC(=O)NCC2CCCOC2c2ccccc2)cc1C. The first-order chi connectivity index (χ1) is 14.3. The maximum atomic E-state index is 12.8. The number of carbonyl (C=O) groups is 1. The van der Waals surface area contributed by atoms with Gasteiger partial charge in [0, 0.05) is 26.1 Å². The summed E-state index contributed by atoms with van der Waals surface area (Å²) in [4.78, 5) is 12.7. The average Bonchev–Trinajstić information content (AvgIpc) is 2.75. The van der Waals surface area contributed by atoms with Crippen molar-refractivity contribution < 1.29 is 17.9 Å². The van der Waals surface area contributed by atoms with E-state index >= 15 is 0 Å². The summed E-state index contributed by atoms with van der Waals surface area (Å²) >= 11 is 0. The molecule has 0 aliphatic carbocycles. The van der Waals surface area contributed by atoms with E-state index in [4.69, 9.17) is 4.74 Å². The van der Waals surface area contributed by atoms with Crippen LogP contribution in [0.1, 0.15) is 35.6 Å². The van der Waals surface area contributed by atoms with Crippen molar-refractivity contribution in [2.75, 3.05) is 26.7 Å². The second-order valence-corrected chi connectivity index (χ2v) is 9.96.